The Morgan fingerprint density at radius 1 is 1.12 bits per heavy atom. The van der Waals surface area contributed by atoms with Gasteiger partial charge in [-0.1, -0.05) is 6.07 Å². The Bertz CT molecular complexity index is 808. The normalized spacial score (nSPS) is 10.7. The number of halogens is 1. The molecule has 0 saturated heterocycles. The summed E-state index contributed by atoms with van der Waals surface area (Å²) in [5, 5.41) is 12.0. The Morgan fingerprint density at radius 2 is 1.79 bits per heavy atom. The Kier molecular flexibility index (Phi) is 6.21. The lowest BCUT2D eigenvalue weighted by atomic mass is 10.1. The van der Waals surface area contributed by atoms with Crippen molar-refractivity contribution in [2.45, 2.75) is 0 Å². The number of hydrogen-bond donors (Lipinski definition) is 1. The molecule has 0 fully saturated rings. The molecule has 0 saturated carbocycles. The standard InChI is InChI=1S/C18H15IN2O3/c1-23-16-8-3-12(10-17(16)24-2)9-13(11-20)18(22)21-15-6-4-14(19)5-7-15/h3-10H,1-2H3,(H,21,22)/b13-9-. The molecule has 24 heavy (non-hydrogen) atoms. The molecular formula is C18H15IN2O3. The summed E-state index contributed by atoms with van der Waals surface area (Å²) in [5.74, 6) is 0.645. The minimum atomic E-state index is -0.464. The van der Waals surface area contributed by atoms with Crippen LogP contribution in [0, 0.1) is 14.9 Å². The van der Waals surface area contributed by atoms with Gasteiger partial charge in [-0.15, -0.1) is 0 Å². The zero-order valence-electron chi connectivity index (χ0n) is 13.2. The van der Waals surface area contributed by atoms with E-state index in [2.05, 4.69) is 27.9 Å². The number of carbonyl (C=O) groups excluding carboxylic acids is 1. The molecule has 0 radical (unpaired) electrons. The van der Waals surface area contributed by atoms with Gasteiger partial charge >= 0.3 is 0 Å². The molecule has 0 atom stereocenters. The van der Waals surface area contributed by atoms with E-state index in [1.165, 1.54) is 13.2 Å². The van der Waals surface area contributed by atoms with Crippen molar-refractivity contribution in [2.24, 2.45) is 0 Å². The highest BCUT2D eigenvalue weighted by molar-refractivity contribution is 14.1. The summed E-state index contributed by atoms with van der Waals surface area (Å²) in [4.78, 5) is 12.3. The third-order valence-corrected chi connectivity index (χ3v) is 3.90. The molecule has 1 N–H and O–H groups in total. The van der Waals surface area contributed by atoms with Crippen LogP contribution in [0.3, 0.4) is 0 Å². The van der Waals surface area contributed by atoms with E-state index < -0.39 is 5.91 Å². The molecule has 2 aromatic rings. The molecule has 122 valence electrons. The predicted molar refractivity (Wildman–Crippen MR) is 101 cm³/mol. The Hall–Kier alpha value is -2.53. The number of rotatable bonds is 5. The highest BCUT2D eigenvalue weighted by atomic mass is 127. The lowest BCUT2D eigenvalue weighted by Gasteiger charge is -2.08. The number of amides is 1. The molecule has 6 heteroatoms. The van der Waals surface area contributed by atoms with Crippen LogP contribution in [0.1, 0.15) is 5.56 Å². The maximum atomic E-state index is 12.3. The van der Waals surface area contributed by atoms with Gasteiger partial charge in [-0.05, 0) is 70.6 Å². The summed E-state index contributed by atoms with van der Waals surface area (Å²) >= 11 is 2.18. The molecule has 0 spiro atoms. The van der Waals surface area contributed by atoms with Crippen LogP contribution in [-0.2, 0) is 4.79 Å². The third-order valence-electron chi connectivity index (χ3n) is 3.19. The van der Waals surface area contributed by atoms with Crippen LogP contribution < -0.4 is 14.8 Å². The maximum absolute atomic E-state index is 12.3. The average Bonchev–Trinajstić information content (AvgIpc) is 2.61. The molecule has 5 nitrogen and oxygen atoms in total. The molecule has 0 bridgehead atoms. The molecule has 0 aromatic heterocycles. The quantitative estimate of drug-likeness (QED) is 0.441. The van der Waals surface area contributed by atoms with E-state index in [0.29, 0.717) is 22.7 Å². The zero-order chi connectivity index (χ0) is 17.5. The number of nitrogens with one attached hydrogen (secondary N) is 1. The van der Waals surface area contributed by atoms with Gasteiger partial charge in [-0.25, -0.2) is 0 Å². The van der Waals surface area contributed by atoms with Gasteiger partial charge in [0.2, 0.25) is 0 Å². The Morgan fingerprint density at radius 3 is 2.38 bits per heavy atom. The largest absolute Gasteiger partial charge is 0.493 e. The highest BCUT2D eigenvalue weighted by Gasteiger charge is 2.11. The van der Waals surface area contributed by atoms with Gasteiger partial charge in [-0.3, -0.25) is 4.79 Å². The second-order valence-electron chi connectivity index (χ2n) is 4.75. The zero-order valence-corrected chi connectivity index (χ0v) is 15.3. The number of anilines is 1. The van der Waals surface area contributed by atoms with Gasteiger partial charge in [0, 0.05) is 9.26 Å². The topological polar surface area (TPSA) is 71.3 Å². The third kappa shape index (κ3) is 4.49. The van der Waals surface area contributed by atoms with Crippen LogP contribution in [-0.4, -0.2) is 20.1 Å². The monoisotopic (exact) mass is 434 g/mol. The van der Waals surface area contributed by atoms with Gasteiger partial charge in [0.05, 0.1) is 14.2 Å². The van der Waals surface area contributed by atoms with Crippen molar-refractivity contribution in [3.05, 3.63) is 57.2 Å². The lowest BCUT2D eigenvalue weighted by molar-refractivity contribution is -0.112. The average molecular weight is 434 g/mol. The minimum Gasteiger partial charge on any atom is -0.493 e. The van der Waals surface area contributed by atoms with E-state index in [1.54, 1.807) is 37.4 Å². The fraction of sp³-hybridized carbons (Fsp3) is 0.111. The van der Waals surface area contributed by atoms with Crippen molar-refractivity contribution >= 4 is 40.3 Å². The van der Waals surface area contributed by atoms with E-state index in [-0.39, 0.29) is 5.57 Å². The first-order valence-electron chi connectivity index (χ1n) is 6.98. The van der Waals surface area contributed by atoms with E-state index in [4.69, 9.17) is 9.47 Å². The van der Waals surface area contributed by atoms with Crippen LogP contribution in [0.4, 0.5) is 5.69 Å². The fourth-order valence-corrected chi connectivity index (χ4v) is 2.35. The molecule has 0 aliphatic heterocycles. The van der Waals surface area contributed by atoms with Crippen molar-refractivity contribution in [3.63, 3.8) is 0 Å². The van der Waals surface area contributed by atoms with Crippen molar-refractivity contribution in [1.29, 1.82) is 5.26 Å². The number of methoxy groups -OCH3 is 2. The van der Waals surface area contributed by atoms with E-state index in [1.807, 2.05) is 18.2 Å². The highest BCUT2D eigenvalue weighted by Crippen LogP contribution is 2.28. The first-order chi connectivity index (χ1) is 11.6. The molecule has 1 amide bonds. The van der Waals surface area contributed by atoms with Gasteiger partial charge in [-0.2, -0.15) is 5.26 Å². The van der Waals surface area contributed by atoms with E-state index in [0.717, 1.165) is 3.57 Å². The van der Waals surface area contributed by atoms with E-state index in [9.17, 15) is 10.1 Å². The number of ether oxygens (including phenoxy) is 2. The van der Waals surface area contributed by atoms with Gasteiger partial charge in [0.25, 0.3) is 5.91 Å². The number of benzene rings is 2. The molecule has 0 heterocycles. The number of hydrogen-bond acceptors (Lipinski definition) is 4. The smallest absolute Gasteiger partial charge is 0.266 e. The summed E-state index contributed by atoms with van der Waals surface area (Å²) in [6.45, 7) is 0. The first kappa shape index (κ1) is 17.8. The van der Waals surface area contributed by atoms with Crippen LogP contribution in [0.2, 0.25) is 0 Å². The summed E-state index contributed by atoms with van der Waals surface area (Å²) < 4.78 is 11.5. The Labute approximate surface area is 154 Å². The number of carbonyl (C=O) groups is 1. The SMILES string of the molecule is COc1ccc(/C=C(/C#N)C(=O)Nc2ccc(I)cc2)cc1OC. The first-order valence-corrected chi connectivity index (χ1v) is 8.06. The van der Waals surface area contributed by atoms with Crippen LogP contribution in [0.25, 0.3) is 6.08 Å². The van der Waals surface area contributed by atoms with E-state index >= 15 is 0 Å². The summed E-state index contributed by atoms with van der Waals surface area (Å²) in [7, 11) is 3.07. The van der Waals surface area contributed by atoms with Crippen LogP contribution >= 0.6 is 22.6 Å². The maximum Gasteiger partial charge on any atom is 0.266 e. The minimum absolute atomic E-state index is 0.000713. The van der Waals surface area contributed by atoms with Crippen molar-refractivity contribution in [3.8, 4) is 17.6 Å². The molecule has 0 unspecified atom stereocenters. The van der Waals surface area contributed by atoms with Crippen LogP contribution in [0.5, 0.6) is 11.5 Å². The second kappa shape index (κ2) is 8.36. The van der Waals surface area contributed by atoms with Crippen molar-refractivity contribution < 1.29 is 14.3 Å². The Balaban J connectivity index is 2.23. The lowest BCUT2D eigenvalue weighted by Crippen LogP contribution is -2.13. The van der Waals surface area contributed by atoms with Gasteiger partial charge in [0.1, 0.15) is 11.6 Å². The summed E-state index contributed by atoms with van der Waals surface area (Å²) in [6, 6.07) is 14.4. The summed E-state index contributed by atoms with van der Waals surface area (Å²) in [5.41, 5.74) is 1.30. The van der Waals surface area contributed by atoms with Gasteiger partial charge in [0.15, 0.2) is 11.5 Å². The van der Waals surface area contributed by atoms with Crippen LogP contribution in [0.15, 0.2) is 48.0 Å². The predicted octanol–water partition coefficient (Wildman–Crippen LogP) is 3.85. The molecular weight excluding hydrogens is 419 g/mol. The molecule has 0 aliphatic carbocycles. The fourth-order valence-electron chi connectivity index (χ4n) is 1.99. The molecule has 0 aliphatic rings. The van der Waals surface area contributed by atoms with Gasteiger partial charge < -0.3 is 14.8 Å². The molecule has 2 aromatic carbocycles. The summed E-state index contributed by atoms with van der Waals surface area (Å²) in [6.07, 6.45) is 1.50. The number of nitrogens with zero attached hydrogens (tertiary/aromatic N) is 1. The molecule has 2 rings (SSSR count). The number of nitriles is 1. The second-order valence-corrected chi connectivity index (χ2v) is 5.99. The van der Waals surface area contributed by atoms with Crippen molar-refractivity contribution in [2.75, 3.05) is 19.5 Å². The van der Waals surface area contributed by atoms with Crippen molar-refractivity contribution in [1.82, 2.24) is 0 Å².